The molecule has 1 amide bonds. The van der Waals surface area contributed by atoms with Crippen LogP contribution in [0.5, 0.6) is 17.2 Å². The molecule has 1 fully saturated rings. The maximum atomic E-state index is 13.1. The van der Waals surface area contributed by atoms with Crippen LogP contribution in [0, 0.1) is 0 Å². The van der Waals surface area contributed by atoms with Crippen LogP contribution >= 0.6 is 11.6 Å². The third-order valence-corrected chi connectivity index (χ3v) is 5.68. The van der Waals surface area contributed by atoms with Gasteiger partial charge in [0, 0.05) is 18.7 Å². The smallest absolute Gasteiger partial charge is 0.295 e. The van der Waals surface area contributed by atoms with Gasteiger partial charge in [-0.3, -0.25) is 9.59 Å². The van der Waals surface area contributed by atoms with E-state index in [1.807, 2.05) is 25.9 Å². The van der Waals surface area contributed by atoms with E-state index >= 15 is 0 Å². The molecule has 1 heterocycles. The number of carbonyl (C=O) groups excluding carboxylic acids is 2. The van der Waals surface area contributed by atoms with Crippen molar-refractivity contribution in [1.29, 1.82) is 0 Å². The summed E-state index contributed by atoms with van der Waals surface area (Å²) in [5, 5.41) is 21.8. The van der Waals surface area contributed by atoms with Crippen LogP contribution in [0.2, 0.25) is 5.02 Å². The van der Waals surface area contributed by atoms with Crippen molar-refractivity contribution in [3.63, 3.8) is 0 Å². The van der Waals surface area contributed by atoms with Crippen molar-refractivity contribution >= 4 is 29.1 Å². The SMILES string of the molecule is CCOc1ccc(Cl)c(/C(O)=C2\C(=O)C(=O)N(CCN(C)C)C2c2ccc(OC)c(O)c2)c1. The number of likely N-dealkylation sites (N-methyl/N-ethyl adjacent to an activating group) is 1. The summed E-state index contributed by atoms with van der Waals surface area (Å²) in [5.74, 6) is -1.42. The predicted octanol–water partition coefficient (Wildman–Crippen LogP) is 3.44. The van der Waals surface area contributed by atoms with E-state index in [1.165, 1.54) is 24.1 Å². The number of phenols is 1. The second kappa shape index (κ2) is 10.1. The van der Waals surface area contributed by atoms with Gasteiger partial charge in [0.15, 0.2) is 11.5 Å². The average molecular weight is 475 g/mol. The molecule has 2 aromatic carbocycles. The molecule has 2 aromatic rings. The number of rotatable bonds is 8. The maximum Gasteiger partial charge on any atom is 0.295 e. The molecule has 0 radical (unpaired) electrons. The number of amides is 1. The molecule has 9 heteroatoms. The highest BCUT2D eigenvalue weighted by molar-refractivity contribution is 6.47. The molecule has 1 saturated heterocycles. The van der Waals surface area contributed by atoms with E-state index < -0.39 is 23.5 Å². The highest BCUT2D eigenvalue weighted by Crippen LogP contribution is 2.42. The molecule has 0 saturated carbocycles. The van der Waals surface area contributed by atoms with Gasteiger partial charge in [-0.05, 0) is 56.9 Å². The third kappa shape index (κ3) is 4.91. The van der Waals surface area contributed by atoms with Crippen LogP contribution in [-0.2, 0) is 9.59 Å². The molecular formula is C24H27ClN2O6. The first-order chi connectivity index (χ1) is 15.7. The maximum absolute atomic E-state index is 13.1. The molecule has 1 aliphatic heterocycles. The Morgan fingerprint density at radius 3 is 2.52 bits per heavy atom. The van der Waals surface area contributed by atoms with E-state index in [-0.39, 0.29) is 34.2 Å². The lowest BCUT2D eigenvalue weighted by Gasteiger charge is -2.27. The molecule has 0 bridgehead atoms. The Morgan fingerprint density at radius 2 is 1.91 bits per heavy atom. The quantitative estimate of drug-likeness (QED) is 0.343. The Morgan fingerprint density at radius 1 is 1.18 bits per heavy atom. The number of aromatic hydroxyl groups is 1. The number of methoxy groups -OCH3 is 1. The summed E-state index contributed by atoms with van der Waals surface area (Å²) in [6.07, 6.45) is 0. The van der Waals surface area contributed by atoms with Gasteiger partial charge in [0.05, 0.1) is 30.4 Å². The molecule has 33 heavy (non-hydrogen) atoms. The number of hydrogen-bond donors (Lipinski definition) is 2. The van der Waals surface area contributed by atoms with Gasteiger partial charge in [-0.1, -0.05) is 17.7 Å². The molecule has 1 aliphatic rings. The summed E-state index contributed by atoms with van der Waals surface area (Å²) in [7, 11) is 5.12. The predicted molar refractivity (Wildman–Crippen MR) is 125 cm³/mol. The Labute approximate surface area is 197 Å². The summed E-state index contributed by atoms with van der Waals surface area (Å²) < 4.78 is 10.6. The van der Waals surface area contributed by atoms with Gasteiger partial charge in [-0.15, -0.1) is 0 Å². The zero-order chi connectivity index (χ0) is 24.3. The lowest BCUT2D eigenvalue weighted by molar-refractivity contribution is -0.140. The van der Waals surface area contributed by atoms with E-state index in [2.05, 4.69) is 0 Å². The van der Waals surface area contributed by atoms with E-state index in [0.29, 0.717) is 24.5 Å². The van der Waals surface area contributed by atoms with Crippen molar-refractivity contribution in [2.24, 2.45) is 0 Å². The summed E-state index contributed by atoms with van der Waals surface area (Å²) in [6.45, 7) is 2.95. The minimum Gasteiger partial charge on any atom is -0.507 e. The van der Waals surface area contributed by atoms with Gasteiger partial charge >= 0.3 is 0 Å². The Balaban J connectivity index is 2.20. The van der Waals surface area contributed by atoms with E-state index in [9.17, 15) is 19.8 Å². The summed E-state index contributed by atoms with van der Waals surface area (Å²) >= 11 is 6.33. The summed E-state index contributed by atoms with van der Waals surface area (Å²) in [5.41, 5.74) is 0.514. The van der Waals surface area contributed by atoms with E-state index in [4.69, 9.17) is 21.1 Å². The molecule has 3 rings (SSSR count). The van der Waals surface area contributed by atoms with Crippen LogP contribution in [0.4, 0.5) is 0 Å². The molecule has 0 aromatic heterocycles. The summed E-state index contributed by atoms with van der Waals surface area (Å²) in [4.78, 5) is 29.3. The van der Waals surface area contributed by atoms with Crippen molar-refractivity contribution in [1.82, 2.24) is 9.80 Å². The van der Waals surface area contributed by atoms with E-state index in [0.717, 1.165) is 0 Å². The molecule has 2 N–H and O–H groups in total. The number of phenolic OH excluding ortho intramolecular Hbond substituents is 1. The monoisotopic (exact) mass is 474 g/mol. The van der Waals surface area contributed by atoms with Crippen LogP contribution in [0.15, 0.2) is 42.0 Å². The number of aliphatic hydroxyl groups is 1. The number of halogens is 1. The van der Waals surface area contributed by atoms with Gasteiger partial charge in [0.25, 0.3) is 11.7 Å². The van der Waals surface area contributed by atoms with Gasteiger partial charge < -0.3 is 29.5 Å². The second-order valence-corrected chi connectivity index (χ2v) is 8.21. The van der Waals surface area contributed by atoms with Crippen LogP contribution < -0.4 is 9.47 Å². The van der Waals surface area contributed by atoms with Gasteiger partial charge in [-0.25, -0.2) is 0 Å². The van der Waals surface area contributed by atoms with Crippen LogP contribution in [-0.4, -0.2) is 72.6 Å². The van der Waals surface area contributed by atoms with Crippen molar-refractivity contribution in [2.45, 2.75) is 13.0 Å². The first kappa shape index (κ1) is 24.4. The number of likely N-dealkylation sites (tertiary alicyclic amines) is 1. The lowest BCUT2D eigenvalue weighted by Crippen LogP contribution is -2.35. The molecule has 0 aliphatic carbocycles. The molecule has 1 unspecified atom stereocenters. The van der Waals surface area contributed by atoms with Crippen LogP contribution in [0.1, 0.15) is 24.1 Å². The number of aliphatic hydroxyl groups excluding tert-OH is 1. The Hall–Kier alpha value is -3.23. The van der Waals surface area contributed by atoms with E-state index in [1.54, 1.807) is 24.3 Å². The molecule has 8 nitrogen and oxygen atoms in total. The number of ketones is 1. The lowest BCUT2D eigenvalue weighted by atomic mass is 9.95. The highest BCUT2D eigenvalue weighted by Gasteiger charge is 2.46. The first-order valence-electron chi connectivity index (χ1n) is 10.4. The van der Waals surface area contributed by atoms with Crippen LogP contribution in [0.3, 0.4) is 0 Å². The van der Waals surface area contributed by atoms with Crippen molar-refractivity contribution in [2.75, 3.05) is 40.9 Å². The minimum atomic E-state index is -0.923. The Bertz CT molecular complexity index is 1100. The van der Waals surface area contributed by atoms with Gasteiger partial charge in [-0.2, -0.15) is 0 Å². The fourth-order valence-electron chi connectivity index (χ4n) is 3.73. The molecular weight excluding hydrogens is 448 g/mol. The van der Waals surface area contributed by atoms with Gasteiger partial charge in [0.2, 0.25) is 0 Å². The largest absolute Gasteiger partial charge is 0.507 e. The highest BCUT2D eigenvalue weighted by atomic mass is 35.5. The average Bonchev–Trinajstić information content (AvgIpc) is 3.03. The molecule has 1 atom stereocenters. The van der Waals surface area contributed by atoms with Crippen molar-refractivity contribution in [3.8, 4) is 17.2 Å². The third-order valence-electron chi connectivity index (χ3n) is 5.35. The number of hydrogen-bond acceptors (Lipinski definition) is 7. The standard InChI is InChI=1S/C24H27ClN2O6/c1-5-33-15-7-8-17(25)16(13-15)22(29)20-21(14-6-9-19(32-4)18(28)12-14)27(11-10-26(2)3)24(31)23(20)30/h6-9,12-13,21,28-29H,5,10-11H2,1-4H3/b22-20+. The number of ether oxygens (including phenoxy) is 2. The number of nitrogens with zero attached hydrogens (tertiary/aromatic N) is 2. The number of carbonyl (C=O) groups is 2. The molecule has 0 spiro atoms. The van der Waals surface area contributed by atoms with Crippen molar-refractivity contribution in [3.05, 3.63) is 58.1 Å². The topological polar surface area (TPSA) is 99.5 Å². The fourth-order valence-corrected chi connectivity index (χ4v) is 3.94. The van der Waals surface area contributed by atoms with Crippen LogP contribution in [0.25, 0.3) is 5.76 Å². The number of benzene rings is 2. The minimum absolute atomic E-state index is 0.112. The van der Waals surface area contributed by atoms with Crippen molar-refractivity contribution < 1.29 is 29.3 Å². The summed E-state index contributed by atoms with van der Waals surface area (Å²) in [6, 6.07) is 8.41. The van der Waals surface area contributed by atoms with Gasteiger partial charge in [0.1, 0.15) is 11.5 Å². The normalized spacial score (nSPS) is 17.6. The Kier molecular flexibility index (Phi) is 7.50. The second-order valence-electron chi connectivity index (χ2n) is 7.80. The number of Topliss-reactive ketones (excluding diaryl/α,β-unsaturated/α-hetero) is 1. The molecule has 176 valence electrons. The fraction of sp³-hybridized carbons (Fsp3) is 0.333. The first-order valence-corrected chi connectivity index (χ1v) is 10.8. The zero-order valence-corrected chi connectivity index (χ0v) is 19.7. The zero-order valence-electron chi connectivity index (χ0n) is 19.0.